The van der Waals surface area contributed by atoms with Crippen LogP contribution in [0.15, 0.2) is 30.3 Å². The summed E-state index contributed by atoms with van der Waals surface area (Å²) in [6.07, 6.45) is 0. The molecule has 4 heteroatoms. The molecule has 1 aromatic rings. The second-order valence-corrected chi connectivity index (χ2v) is 5.23. The lowest BCUT2D eigenvalue weighted by Gasteiger charge is -2.37. The Morgan fingerprint density at radius 1 is 1.17 bits per heavy atom. The minimum absolute atomic E-state index is 0.101. The second-order valence-electron chi connectivity index (χ2n) is 5.23. The highest BCUT2D eigenvalue weighted by Gasteiger charge is 2.35. The lowest BCUT2D eigenvalue weighted by molar-refractivity contribution is -0.0459. The zero-order valence-electron chi connectivity index (χ0n) is 10.9. The number of nitrogens with one attached hydrogen (secondary N) is 1. The van der Waals surface area contributed by atoms with Gasteiger partial charge in [-0.25, -0.2) is 0 Å². The summed E-state index contributed by atoms with van der Waals surface area (Å²) in [7, 11) is 0. The topological polar surface area (TPSA) is 15.3 Å². The maximum atomic E-state index is 14.1. The Balaban J connectivity index is 2.04. The highest BCUT2D eigenvalue weighted by Crippen LogP contribution is 2.29. The van der Waals surface area contributed by atoms with E-state index in [-0.39, 0.29) is 24.2 Å². The number of benzene rings is 1. The molecule has 1 saturated heterocycles. The number of hydrogen-bond acceptors (Lipinski definition) is 2. The van der Waals surface area contributed by atoms with Crippen molar-refractivity contribution in [1.82, 2.24) is 10.2 Å². The van der Waals surface area contributed by atoms with E-state index in [0.717, 1.165) is 0 Å². The van der Waals surface area contributed by atoms with Gasteiger partial charge in [0, 0.05) is 30.7 Å². The van der Waals surface area contributed by atoms with Crippen LogP contribution in [0.3, 0.4) is 0 Å². The summed E-state index contributed by atoms with van der Waals surface area (Å²) >= 11 is 0. The predicted octanol–water partition coefficient (Wildman–Crippen LogP) is 2.46. The average Bonchev–Trinajstić information content (AvgIpc) is 2.28. The van der Waals surface area contributed by atoms with Crippen molar-refractivity contribution in [2.45, 2.75) is 31.9 Å². The van der Waals surface area contributed by atoms with Crippen LogP contribution in [0.25, 0.3) is 0 Å². The van der Waals surface area contributed by atoms with Crippen LogP contribution in [0.4, 0.5) is 8.78 Å². The Morgan fingerprint density at radius 3 is 2.28 bits per heavy atom. The van der Waals surface area contributed by atoms with Crippen molar-refractivity contribution in [2.75, 3.05) is 19.6 Å². The summed E-state index contributed by atoms with van der Waals surface area (Å²) in [4.78, 5) is 1.85. The molecule has 18 heavy (non-hydrogen) atoms. The summed E-state index contributed by atoms with van der Waals surface area (Å²) in [5.41, 5.74) is 0.101. The van der Waals surface area contributed by atoms with Gasteiger partial charge in [-0.1, -0.05) is 30.3 Å². The maximum absolute atomic E-state index is 14.1. The molecule has 0 amide bonds. The molecule has 100 valence electrons. The van der Waals surface area contributed by atoms with Crippen molar-refractivity contribution in [3.05, 3.63) is 35.9 Å². The van der Waals surface area contributed by atoms with Crippen molar-refractivity contribution in [3.63, 3.8) is 0 Å². The molecule has 1 N–H and O–H groups in total. The second kappa shape index (κ2) is 5.33. The average molecular weight is 254 g/mol. The van der Waals surface area contributed by atoms with Crippen LogP contribution in [0, 0.1) is 0 Å². The predicted molar refractivity (Wildman–Crippen MR) is 68.8 cm³/mol. The van der Waals surface area contributed by atoms with Crippen LogP contribution >= 0.6 is 0 Å². The Labute approximate surface area is 107 Å². The van der Waals surface area contributed by atoms with Crippen molar-refractivity contribution in [2.24, 2.45) is 0 Å². The number of halogens is 2. The number of rotatable bonds is 3. The van der Waals surface area contributed by atoms with Crippen LogP contribution < -0.4 is 5.32 Å². The van der Waals surface area contributed by atoms with Crippen molar-refractivity contribution >= 4 is 0 Å². The summed E-state index contributed by atoms with van der Waals surface area (Å²) in [6, 6.07) is 8.59. The molecule has 2 unspecified atom stereocenters. The third kappa shape index (κ3) is 3.27. The Kier molecular flexibility index (Phi) is 3.97. The lowest BCUT2D eigenvalue weighted by Crippen LogP contribution is -2.56. The quantitative estimate of drug-likeness (QED) is 0.891. The van der Waals surface area contributed by atoms with Gasteiger partial charge in [0.05, 0.1) is 6.54 Å². The minimum Gasteiger partial charge on any atom is -0.309 e. The number of piperazine rings is 1. The summed E-state index contributed by atoms with van der Waals surface area (Å²) < 4.78 is 28.3. The van der Waals surface area contributed by atoms with Crippen LogP contribution in [0.5, 0.6) is 0 Å². The van der Waals surface area contributed by atoms with Gasteiger partial charge >= 0.3 is 0 Å². The monoisotopic (exact) mass is 254 g/mol. The number of hydrogen-bond donors (Lipinski definition) is 1. The molecule has 0 spiro atoms. The van der Waals surface area contributed by atoms with Gasteiger partial charge in [-0.15, -0.1) is 0 Å². The van der Waals surface area contributed by atoms with E-state index >= 15 is 0 Å². The van der Waals surface area contributed by atoms with Crippen molar-refractivity contribution in [1.29, 1.82) is 0 Å². The molecule has 1 fully saturated rings. The molecule has 0 aromatic heterocycles. The van der Waals surface area contributed by atoms with Crippen LogP contribution in [-0.4, -0.2) is 36.6 Å². The smallest absolute Gasteiger partial charge is 0.285 e. The third-order valence-electron chi connectivity index (χ3n) is 3.25. The van der Waals surface area contributed by atoms with E-state index in [4.69, 9.17) is 0 Å². The number of nitrogens with zero attached hydrogens (tertiary/aromatic N) is 1. The lowest BCUT2D eigenvalue weighted by atomic mass is 10.1. The number of alkyl halides is 2. The maximum Gasteiger partial charge on any atom is 0.285 e. The minimum atomic E-state index is -2.78. The van der Waals surface area contributed by atoms with Gasteiger partial charge in [0.15, 0.2) is 0 Å². The first-order chi connectivity index (χ1) is 8.47. The van der Waals surface area contributed by atoms with E-state index < -0.39 is 5.92 Å². The third-order valence-corrected chi connectivity index (χ3v) is 3.25. The van der Waals surface area contributed by atoms with Crippen molar-refractivity contribution in [3.8, 4) is 0 Å². The summed E-state index contributed by atoms with van der Waals surface area (Å²) in [6.45, 7) is 5.21. The molecule has 1 aliphatic rings. The summed E-state index contributed by atoms with van der Waals surface area (Å²) in [5, 5.41) is 3.35. The van der Waals surface area contributed by atoms with Crippen LogP contribution in [0.1, 0.15) is 19.4 Å². The molecule has 2 rings (SSSR count). The first-order valence-electron chi connectivity index (χ1n) is 6.39. The van der Waals surface area contributed by atoms with E-state index in [1.165, 1.54) is 12.1 Å². The van der Waals surface area contributed by atoms with Crippen molar-refractivity contribution < 1.29 is 8.78 Å². The van der Waals surface area contributed by atoms with Crippen LogP contribution in [0.2, 0.25) is 0 Å². The largest absolute Gasteiger partial charge is 0.309 e. The van der Waals surface area contributed by atoms with Gasteiger partial charge in [-0.3, -0.25) is 4.90 Å². The molecule has 0 radical (unpaired) electrons. The Hall–Kier alpha value is -1.00. The fourth-order valence-corrected chi connectivity index (χ4v) is 2.62. The normalized spacial score (nSPS) is 26.2. The molecular formula is C14H20F2N2. The highest BCUT2D eigenvalue weighted by atomic mass is 19.3. The Bertz CT molecular complexity index is 371. The Morgan fingerprint density at radius 2 is 1.72 bits per heavy atom. The first-order valence-corrected chi connectivity index (χ1v) is 6.39. The zero-order chi connectivity index (χ0) is 13.2. The molecular weight excluding hydrogens is 234 g/mol. The first kappa shape index (κ1) is 13.4. The molecule has 2 nitrogen and oxygen atoms in total. The van der Waals surface area contributed by atoms with E-state index in [9.17, 15) is 8.78 Å². The van der Waals surface area contributed by atoms with E-state index in [0.29, 0.717) is 13.1 Å². The fraction of sp³-hybridized carbons (Fsp3) is 0.571. The van der Waals surface area contributed by atoms with Gasteiger partial charge in [0.25, 0.3) is 5.92 Å². The summed E-state index contributed by atoms with van der Waals surface area (Å²) in [5.74, 6) is -2.78. The van der Waals surface area contributed by atoms with Gasteiger partial charge < -0.3 is 5.32 Å². The molecule has 1 aromatic carbocycles. The molecule has 1 heterocycles. The SMILES string of the molecule is CC1CN(CC(F)(F)c2ccccc2)CC(C)N1. The zero-order valence-corrected chi connectivity index (χ0v) is 10.9. The van der Waals surface area contributed by atoms with Gasteiger partial charge in [-0.05, 0) is 13.8 Å². The standard InChI is InChI=1S/C14H20F2N2/c1-11-8-18(9-12(2)17-11)10-14(15,16)13-6-4-3-5-7-13/h3-7,11-12,17H,8-10H2,1-2H3. The van der Waals surface area contributed by atoms with E-state index in [2.05, 4.69) is 5.32 Å². The fourth-order valence-electron chi connectivity index (χ4n) is 2.62. The molecule has 1 aliphatic heterocycles. The van der Waals surface area contributed by atoms with Gasteiger partial charge in [0.1, 0.15) is 0 Å². The highest BCUT2D eigenvalue weighted by molar-refractivity contribution is 5.20. The molecule has 0 saturated carbocycles. The molecule has 0 bridgehead atoms. The molecule has 2 atom stereocenters. The van der Waals surface area contributed by atoms with Crippen LogP contribution in [-0.2, 0) is 5.92 Å². The van der Waals surface area contributed by atoms with E-state index in [1.54, 1.807) is 18.2 Å². The van der Waals surface area contributed by atoms with Gasteiger partial charge in [0.2, 0.25) is 0 Å². The van der Waals surface area contributed by atoms with E-state index in [1.807, 2.05) is 18.7 Å². The van der Waals surface area contributed by atoms with Gasteiger partial charge in [-0.2, -0.15) is 8.78 Å². The molecule has 0 aliphatic carbocycles.